The molecule has 0 radical (unpaired) electrons. The van der Waals surface area contributed by atoms with Crippen molar-refractivity contribution in [2.45, 2.75) is 38.6 Å². The topological polar surface area (TPSA) is 59.8 Å². The van der Waals surface area contributed by atoms with Crippen LogP contribution >= 0.6 is 0 Å². The largest absolute Gasteiger partial charge is 0.346 e. The Morgan fingerprint density at radius 1 is 1.27 bits per heavy atom. The summed E-state index contributed by atoms with van der Waals surface area (Å²) in [6.45, 7) is 2.02. The molecule has 22 heavy (non-hydrogen) atoms. The lowest BCUT2D eigenvalue weighted by Crippen LogP contribution is -2.39. The summed E-state index contributed by atoms with van der Waals surface area (Å²) in [5, 5.41) is 7.47. The average Bonchev–Trinajstić information content (AvgIpc) is 3.24. The van der Waals surface area contributed by atoms with E-state index in [4.69, 9.17) is 0 Å². The number of carbonyl (C=O) groups excluding carboxylic acids is 1. The minimum absolute atomic E-state index is 0.148. The van der Waals surface area contributed by atoms with Crippen LogP contribution in [0.2, 0.25) is 0 Å². The number of fused-ring (bicyclic) bond motifs is 2. The van der Waals surface area contributed by atoms with Crippen molar-refractivity contribution < 1.29 is 4.79 Å². The highest BCUT2D eigenvalue weighted by atomic mass is 16.2. The fraction of sp³-hybridized carbons (Fsp3) is 0.471. The standard InChI is InChI=1S/C17H20N4O/c1-11-4-2-3-5-15(11)21-10-18-16(20-21)17(22)19-14-9-12-6-7-13(14)8-12/h2-5,10,12-14H,6-9H2,1H3,(H,19,22)/t12-,13-,14+/m0/s1. The number of carbonyl (C=O) groups is 1. The molecule has 0 spiro atoms. The van der Waals surface area contributed by atoms with Gasteiger partial charge in [0.2, 0.25) is 5.82 Å². The molecule has 2 aromatic rings. The summed E-state index contributed by atoms with van der Waals surface area (Å²) in [4.78, 5) is 16.5. The summed E-state index contributed by atoms with van der Waals surface area (Å²) < 4.78 is 1.67. The van der Waals surface area contributed by atoms with Gasteiger partial charge in [-0.05, 0) is 49.7 Å². The molecule has 1 amide bonds. The van der Waals surface area contributed by atoms with Gasteiger partial charge in [-0.3, -0.25) is 4.79 Å². The van der Waals surface area contributed by atoms with Crippen molar-refractivity contribution in [2.75, 3.05) is 0 Å². The Kier molecular flexibility index (Phi) is 3.21. The van der Waals surface area contributed by atoms with Gasteiger partial charge in [-0.2, -0.15) is 0 Å². The van der Waals surface area contributed by atoms with Gasteiger partial charge in [0, 0.05) is 6.04 Å². The molecule has 3 atom stereocenters. The van der Waals surface area contributed by atoms with Gasteiger partial charge in [0.05, 0.1) is 5.69 Å². The number of nitrogens with zero attached hydrogens (tertiary/aromatic N) is 3. The van der Waals surface area contributed by atoms with Gasteiger partial charge in [-0.1, -0.05) is 24.6 Å². The number of para-hydroxylation sites is 1. The normalized spacial score (nSPS) is 26.3. The first-order chi connectivity index (χ1) is 10.7. The summed E-state index contributed by atoms with van der Waals surface area (Å²) >= 11 is 0. The summed E-state index contributed by atoms with van der Waals surface area (Å²) in [6, 6.07) is 8.25. The average molecular weight is 296 g/mol. The Balaban J connectivity index is 1.49. The van der Waals surface area contributed by atoms with Gasteiger partial charge in [0.1, 0.15) is 6.33 Å². The number of amides is 1. The van der Waals surface area contributed by atoms with E-state index in [1.54, 1.807) is 11.0 Å². The lowest BCUT2D eigenvalue weighted by molar-refractivity contribution is 0.0912. The van der Waals surface area contributed by atoms with Crippen molar-refractivity contribution in [3.05, 3.63) is 42.0 Å². The summed E-state index contributed by atoms with van der Waals surface area (Å²) in [5.41, 5.74) is 2.06. The van der Waals surface area contributed by atoms with Gasteiger partial charge in [0.15, 0.2) is 0 Å². The van der Waals surface area contributed by atoms with Crippen molar-refractivity contribution in [1.82, 2.24) is 20.1 Å². The molecule has 0 saturated heterocycles. The van der Waals surface area contributed by atoms with E-state index in [0.717, 1.165) is 23.6 Å². The Bertz CT molecular complexity index is 708. The third-order valence-electron chi connectivity index (χ3n) is 5.11. The van der Waals surface area contributed by atoms with E-state index < -0.39 is 0 Å². The maximum absolute atomic E-state index is 12.4. The van der Waals surface area contributed by atoms with Crippen molar-refractivity contribution in [1.29, 1.82) is 0 Å². The second-order valence-electron chi connectivity index (χ2n) is 6.55. The monoisotopic (exact) mass is 296 g/mol. The Hall–Kier alpha value is -2.17. The number of hydrogen-bond donors (Lipinski definition) is 1. The third-order valence-corrected chi connectivity index (χ3v) is 5.11. The van der Waals surface area contributed by atoms with E-state index in [1.807, 2.05) is 31.2 Å². The molecule has 4 rings (SSSR count). The molecule has 2 aliphatic carbocycles. The van der Waals surface area contributed by atoms with Crippen LogP contribution in [0, 0.1) is 18.8 Å². The molecule has 1 heterocycles. The van der Waals surface area contributed by atoms with E-state index in [1.165, 1.54) is 19.3 Å². The third kappa shape index (κ3) is 2.30. The minimum Gasteiger partial charge on any atom is -0.346 e. The SMILES string of the molecule is Cc1ccccc1-n1cnc(C(=O)N[C@@H]2C[C@H]3CC[C@H]2C3)n1. The van der Waals surface area contributed by atoms with Gasteiger partial charge >= 0.3 is 0 Å². The zero-order chi connectivity index (χ0) is 15.1. The molecule has 1 N–H and O–H groups in total. The van der Waals surface area contributed by atoms with E-state index in [9.17, 15) is 4.79 Å². The first-order valence-corrected chi connectivity index (χ1v) is 7.99. The van der Waals surface area contributed by atoms with Crippen molar-refractivity contribution >= 4 is 5.91 Å². The predicted molar refractivity (Wildman–Crippen MR) is 82.8 cm³/mol. The van der Waals surface area contributed by atoms with Crippen LogP contribution in [-0.2, 0) is 0 Å². The van der Waals surface area contributed by atoms with Crippen LogP contribution in [0.25, 0.3) is 5.69 Å². The molecule has 2 fully saturated rings. The molecule has 1 aromatic carbocycles. The minimum atomic E-state index is -0.148. The van der Waals surface area contributed by atoms with Gasteiger partial charge in [-0.25, -0.2) is 9.67 Å². The number of rotatable bonds is 3. The van der Waals surface area contributed by atoms with Crippen LogP contribution in [0.4, 0.5) is 0 Å². The molecular formula is C17H20N4O. The second kappa shape index (κ2) is 5.23. The zero-order valence-corrected chi connectivity index (χ0v) is 12.7. The summed E-state index contributed by atoms with van der Waals surface area (Å²) in [6.07, 6.45) is 6.58. The number of nitrogens with one attached hydrogen (secondary N) is 1. The molecule has 0 unspecified atom stereocenters. The van der Waals surface area contributed by atoms with Crippen LogP contribution in [0.15, 0.2) is 30.6 Å². The first kappa shape index (κ1) is 13.5. The van der Waals surface area contributed by atoms with Gasteiger partial charge < -0.3 is 5.32 Å². The lowest BCUT2D eigenvalue weighted by Gasteiger charge is -2.22. The fourth-order valence-electron chi connectivity index (χ4n) is 3.96. The van der Waals surface area contributed by atoms with E-state index in [2.05, 4.69) is 15.4 Å². The highest BCUT2D eigenvalue weighted by Crippen LogP contribution is 2.44. The van der Waals surface area contributed by atoms with Crippen LogP contribution in [0.1, 0.15) is 41.9 Å². The molecular weight excluding hydrogens is 276 g/mol. The number of hydrogen-bond acceptors (Lipinski definition) is 3. The maximum atomic E-state index is 12.4. The molecule has 2 aliphatic rings. The number of benzene rings is 1. The van der Waals surface area contributed by atoms with Crippen LogP contribution in [-0.4, -0.2) is 26.7 Å². The summed E-state index contributed by atoms with van der Waals surface area (Å²) in [5.74, 6) is 1.58. The van der Waals surface area contributed by atoms with Crippen molar-refractivity contribution in [3.63, 3.8) is 0 Å². The van der Waals surface area contributed by atoms with E-state index in [0.29, 0.717) is 12.0 Å². The first-order valence-electron chi connectivity index (χ1n) is 7.99. The number of aromatic nitrogens is 3. The summed E-state index contributed by atoms with van der Waals surface area (Å²) in [7, 11) is 0. The molecule has 2 saturated carbocycles. The van der Waals surface area contributed by atoms with Crippen molar-refractivity contribution in [2.24, 2.45) is 11.8 Å². The van der Waals surface area contributed by atoms with Crippen LogP contribution in [0.5, 0.6) is 0 Å². The van der Waals surface area contributed by atoms with Gasteiger partial charge in [-0.15, -0.1) is 5.10 Å². The van der Waals surface area contributed by atoms with Crippen LogP contribution < -0.4 is 5.32 Å². The van der Waals surface area contributed by atoms with Crippen molar-refractivity contribution in [3.8, 4) is 5.69 Å². The highest BCUT2D eigenvalue weighted by Gasteiger charge is 2.40. The van der Waals surface area contributed by atoms with Gasteiger partial charge in [0.25, 0.3) is 5.91 Å². The Morgan fingerprint density at radius 3 is 2.86 bits per heavy atom. The lowest BCUT2D eigenvalue weighted by atomic mass is 9.95. The maximum Gasteiger partial charge on any atom is 0.291 e. The quantitative estimate of drug-likeness (QED) is 0.946. The Labute approximate surface area is 129 Å². The molecule has 5 heteroatoms. The van der Waals surface area contributed by atoms with E-state index in [-0.39, 0.29) is 11.7 Å². The molecule has 1 aromatic heterocycles. The predicted octanol–water partition coefficient (Wildman–Crippen LogP) is 2.49. The Morgan fingerprint density at radius 2 is 2.14 bits per heavy atom. The molecule has 114 valence electrons. The second-order valence-corrected chi connectivity index (χ2v) is 6.55. The highest BCUT2D eigenvalue weighted by molar-refractivity contribution is 5.90. The van der Waals surface area contributed by atoms with Crippen LogP contribution in [0.3, 0.4) is 0 Å². The fourth-order valence-corrected chi connectivity index (χ4v) is 3.96. The molecule has 0 aliphatic heterocycles. The smallest absolute Gasteiger partial charge is 0.291 e. The number of aryl methyl sites for hydroxylation is 1. The molecule has 5 nitrogen and oxygen atoms in total. The zero-order valence-electron chi connectivity index (χ0n) is 12.7. The van der Waals surface area contributed by atoms with E-state index >= 15 is 0 Å². The molecule has 2 bridgehead atoms.